The summed E-state index contributed by atoms with van der Waals surface area (Å²) in [7, 11) is -3.80. The van der Waals surface area contributed by atoms with E-state index >= 15 is 0 Å². The van der Waals surface area contributed by atoms with Gasteiger partial charge >= 0.3 is 12.4 Å². The normalized spacial score (nSPS) is 12.7. The van der Waals surface area contributed by atoms with E-state index in [0.29, 0.717) is 25.5 Å². The molecule has 0 saturated heterocycles. The van der Waals surface area contributed by atoms with Crippen LogP contribution in [0, 0.1) is 11.6 Å². The Kier molecular flexibility index (Phi) is 5.91. The number of halogens is 8. The first kappa shape index (κ1) is 23.6. The van der Waals surface area contributed by atoms with E-state index in [0.717, 1.165) is 0 Å². The van der Waals surface area contributed by atoms with Crippen molar-refractivity contribution in [1.29, 1.82) is 0 Å². The van der Waals surface area contributed by atoms with E-state index in [2.05, 4.69) is 4.74 Å². The maximum Gasteiger partial charge on any atom is 0.419 e. The van der Waals surface area contributed by atoms with Crippen LogP contribution in [0.4, 0.5) is 35.1 Å². The standard InChI is InChI=1S/C17H10F8O4S/c1-29-15-9(6-10(17(23,24)25)12(18)13(15)19)14(26)8-4-3-7(16(20,21)22)5-11(8)30(2,27)28/h3-6H,1-2H3. The molecule has 164 valence electrons. The molecule has 2 aromatic rings. The minimum Gasteiger partial charge on any atom is -0.493 e. The second kappa shape index (κ2) is 7.52. The minimum absolute atomic E-state index is 0.108. The summed E-state index contributed by atoms with van der Waals surface area (Å²) >= 11 is 0. The molecule has 0 spiro atoms. The molecule has 0 fully saturated rings. The second-order valence-electron chi connectivity index (χ2n) is 5.94. The van der Waals surface area contributed by atoms with Crippen LogP contribution in [0.3, 0.4) is 0 Å². The van der Waals surface area contributed by atoms with Crippen LogP contribution >= 0.6 is 0 Å². The Hall–Kier alpha value is -2.70. The van der Waals surface area contributed by atoms with Gasteiger partial charge in [0, 0.05) is 11.8 Å². The Morgan fingerprint density at radius 3 is 1.90 bits per heavy atom. The number of ketones is 1. The van der Waals surface area contributed by atoms with E-state index in [9.17, 15) is 48.3 Å². The zero-order valence-corrected chi connectivity index (χ0v) is 15.7. The number of hydrogen-bond acceptors (Lipinski definition) is 4. The van der Waals surface area contributed by atoms with Gasteiger partial charge in [-0.1, -0.05) is 0 Å². The van der Waals surface area contributed by atoms with Crippen LogP contribution in [0.15, 0.2) is 29.2 Å². The van der Waals surface area contributed by atoms with Gasteiger partial charge in [0.05, 0.1) is 28.7 Å². The first-order chi connectivity index (χ1) is 13.5. The van der Waals surface area contributed by atoms with Gasteiger partial charge in [0.1, 0.15) is 0 Å². The Labute approximate surface area is 164 Å². The highest BCUT2D eigenvalue weighted by Gasteiger charge is 2.39. The number of sulfone groups is 1. The molecule has 0 aliphatic rings. The summed E-state index contributed by atoms with van der Waals surface area (Å²) < 4.78 is 134. The fourth-order valence-electron chi connectivity index (χ4n) is 2.52. The molecular formula is C17H10F8O4S. The Bertz CT molecular complexity index is 1120. The Morgan fingerprint density at radius 1 is 0.900 bits per heavy atom. The molecule has 2 rings (SSSR count). The predicted molar refractivity (Wildman–Crippen MR) is 85.9 cm³/mol. The molecule has 30 heavy (non-hydrogen) atoms. The van der Waals surface area contributed by atoms with E-state index in [1.807, 2.05) is 0 Å². The van der Waals surface area contributed by atoms with E-state index in [4.69, 9.17) is 0 Å². The van der Waals surface area contributed by atoms with Crippen LogP contribution in [0.5, 0.6) is 5.75 Å². The summed E-state index contributed by atoms with van der Waals surface area (Å²) in [5, 5.41) is 0. The fraction of sp³-hybridized carbons (Fsp3) is 0.235. The van der Waals surface area contributed by atoms with Gasteiger partial charge in [0.15, 0.2) is 27.2 Å². The van der Waals surface area contributed by atoms with Crippen molar-refractivity contribution in [1.82, 2.24) is 0 Å². The van der Waals surface area contributed by atoms with Crippen LogP contribution in [-0.2, 0) is 22.2 Å². The largest absolute Gasteiger partial charge is 0.493 e. The number of benzene rings is 2. The van der Waals surface area contributed by atoms with E-state index in [1.54, 1.807) is 0 Å². The number of carbonyl (C=O) groups excluding carboxylic acids is 1. The summed E-state index contributed by atoms with van der Waals surface area (Å²) in [6, 6.07) is 0.733. The van der Waals surface area contributed by atoms with Gasteiger partial charge in [-0.25, -0.2) is 12.8 Å². The minimum atomic E-state index is -5.44. The predicted octanol–water partition coefficient (Wildman–Crippen LogP) is 4.65. The zero-order valence-electron chi connectivity index (χ0n) is 14.9. The molecule has 0 amide bonds. The van der Waals surface area contributed by atoms with Crippen molar-refractivity contribution in [3.05, 3.63) is 58.2 Å². The lowest BCUT2D eigenvalue weighted by Gasteiger charge is -2.16. The molecule has 0 aliphatic heterocycles. The third-order valence-electron chi connectivity index (χ3n) is 3.87. The van der Waals surface area contributed by atoms with Gasteiger partial charge in [-0.05, 0) is 24.3 Å². The molecule has 4 nitrogen and oxygen atoms in total. The van der Waals surface area contributed by atoms with Crippen molar-refractivity contribution in [3.63, 3.8) is 0 Å². The topological polar surface area (TPSA) is 60.4 Å². The third kappa shape index (κ3) is 4.40. The van der Waals surface area contributed by atoms with Crippen LogP contribution in [0.2, 0.25) is 0 Å². The van der Waals surface area contributed by atoms with Crippen molar-refractivity contribution in [2.75, 3.05) is 13.4 Å². The smallest absolute Gasteiger partial charge is 0.419 e. The van der Waals surface area contributed by atoms with Gasteiger partial charge in [-0.15, -0.1) is 0 Å². The SMILES string of the molecule is COc1c(C(=O)c2ccc(C(F)(F)F)cc2S(C)(=O)=O)cc(C(F)(F)F)c(F)c1F. The number of rotatable bonds is 4. The molecular weight excluding hydrogens is 452 g/mol. The summed E-state index contributed by atoms with van der Waals surface area (Å²) in [5.41, 5.74) is -5.85. The highest BCUT2D eigenvalue weighted by molar-refractivity contribution is 7.90. The zero-order chi connectivity index (χ0) is 23.2. The van der Waals surface area contributed by atoms with Gasteiger partial charge < -0.3 is 4.74 Å². The van der Waals surface area contributed by atoms with Gasteiger partial charge in [0.25, 0.3) is 0 Å². The van der Waals surface area contributed by atoms with E-state index in [1.165, 1.54) is 0 Å². The molecule has 0 atom stereocenters. The van der Waals surface area contributed by atoms with Crippen molar-refractivity contribution >= 4 is 15.6 Å². The molecule has 0 aromatic heterocycles. The quantitative estimate of drug-likeness (QED) is 0.491. The van der Waals surface area contributed by atoms with E-state index in [-0.39, 0.29) is 12.1 Å². The van der Waals surface area contributed by atoms with Crippen molar-refractivity contribution in [2.45, 2.75) is 17.2 Å². The molecule has 0 aliphatic carbocycles. The number of hydrogen-bond donors (Lipinski definition) is 0. The van der Waals surface area contributed by atoms with Crippen LogP contribution < -0.4 is 4.74 Å². The van der Waals surface area contributed by atoms with E-state index < -0.39 is 72.5 Å². The molecule has 0 N–H and O–H groups in total. The Balaban J connectivity index is 2.85. The molecule has 2 aromatic carbocycles. The average Bonchev–Trinajstić information content (AvgIpc) is 2.60. The van der Waals surface area contributed by atoms with Gasteiger partial charge in [-0.3, -0.25) is 4.79 Å². The Morgan fingerprint density at radius 2 is 1.47 bits per heavy atom. The average molecular weight is 462 g/mol. The molecule has 0 saturated carbocycles. The third-order valence-corrected chi connectivity index (χ3v) is 5.01. The van der Waals surface area contributed by atoms with Crippen molar-refractivity contribution in [3.8, 4) is 5.75 Å². The van der Waals surface area contributed by atoms with Crippen molar-refractivity contribution in [2.24, 2.45) is 0 Å². The number of methoxy groups -OCH3 is 1. The van der Waals surface area contributed by atoms with Crippen LogP contribution in [0.25, 0.3) is 0 Å². The maximum atomic E-state index is 14.1. The fourth-order valence-corrected chi connectivity index (χ4v) is 3.42. The molecule has 13 heteroatoms. The molecule has 0 heterocycles. The highest BCUT2D eigenvalue weighted by Crippen LogP contribution is 2.39. The summed E-state index contributed by atoms with van der Waals surface area (Å²) in [6.45, 7) is 0. The highest BCUT2D eigenvalue weighted by atomic mass is 32.2. The lowest BCUT2D eigenvalue weighted by atomic mass is 9.98. The maximum absolute atomic E-state index is 14.1. The number of alkyl halides is 6. The first-order valence-electron chi connectivity index (χ1n) is 7.59. The van der Waals surface area contributed by atoms with Crippen LogP contribution in [0.1, 0.15) is 27.0 Å². The molecule has 0 bridgehead atoms. The monoisotopic (exact) mass is 462 g/mol. The number of carbonyl (C=O) groups is 1. The summed E-state index contributed by atoms with van der Waals surface area (Å²) in [5.74, 6) is -7.44. The van der Waals surface area contributed by atoms with Crippen molar-refractivity contribution < 1.29 is 53.1 Å². The lowest BCUT2D eigenvalue weighted by Crippen LogP contribution is -2.17. The molecule has 0 radical (unpaired) electrons. The first-order valence-corrected chi connectivity index (χ1v) is 9.48. The molecule has 0 unspecified atom stereocenters. The lowest BCUT2D eigenvalue weighted by molar-refractivity contribution is -0.140. The summed E-state index contributed by atoms with van der Waals surface area (Å²) in [6.07, 6.45) is -9.97. The van der Waals surface area contributed by atoms with Gasteiger partial charge in [0.2, 0.25) is 5.82 Å². The second-order valence-corrected chi connectivity index (χ2v) is 7.92. The van der Waals surface area contributed by atoms with Gasteiger partial charge in [-0.2, -0.15) is 30.7 Å². The van der Waals surface area contributed by atoms with Crippen LogP contribution in [-0.4, -0.2) is 27.6 Å². The number of ether oxygens (including phenoxy) is 1. The summed E-state index contributed by atoms with van der Waals surface area (Å²) in [4.78, 5) is 11.6.